The molecule has 2 aliphatic rings. The molecule has 0 saturated carbocycles. The molecule has 2 aromatic rings. The average Bonchev–Trinajstić information content (AvgIpc) is 3.17. The van der Waals surface area contributed by atoms with Gasteiger partial charge in [0.1, 0.15) is 11.9 Å². The first-order chi connectivity index (χ1) is 18.9. The molecule has 2 saturated heterocycles. The molecular formula is C28H30F7N3O3. The lowest BCUT2D eigenvalue weighted by molar-refractivity contribution is -0.144. The van der Waals surface area contributed by atoms with Gasteiger partial charge in [0.25, 0.3) is 0 Å². The molecule has 0 unspecified atom stereocenters. The van der Waals surface area contributed by atoms with Crippen LogP contribution in [0.3, 0.4) is 0 Å². The number of hydrogen-bond donors (Lipinski definition) is 1. The highest BCUT2D eigenvalue weighted by atomic mass is 19.4. The lowest BCUT2D eigenvalue weighted by Gasteiger charge is -2.49. The van der Waals surface area contributed by atoms with Gasteiger partial charge in [-0.1, -0.05) is 6.07 Å². The molecule has 6 nitrogen and oxygen atoms in total. The van der Waals surface area contributed by atoms with Crippen molar-refractivity contribution in [1.82, 2.24) is 14.7 Å². The predicted molar refractivity (Wildman–Crippen MR) is 134 cm³/mol. The summed E-state index contributed by atoms with van der Waals surface area (Å²) in [7, 11) is 3.01. The van der Waals surface area contributed by atoms with Gasteiger partial charge < -0.3 is 14.9 Å². The van der Waals surface area contributed by atoms with E-state index >= 15 is 0 Å². The Hall–Kier alpha value is -3.35. The summed E-state index contributed by atoms with van der Waals surface area (Å²) < 4.78 is 94.1. The molecular weight excluding hydrogens is 559 g/mol. The van der Waals surface area contributed by atoms with Crippen LogP contribution < -0.4 is 0 Å². The fourth-order valence-electron chi connectivity index (χ4n) is 6.19. The van der Waals surface area contributed by atoms with Crippen molar-refractivity contribution in [1.29, 1.82) is 0 Å². The number of carboxylic acid groups (broad SMARTS) is 1. The molecule has 0 aromatic heterocycles. The molecule has 13 heteroatoms. The number of carboxylic acids is 1. The Kier molecular flexibility index (Phi) is 8.07. The van der Waals surface area contributed by atoms with Crippen LogP contribution in [0, 0.1) is 12.7 Å². The van der Waals surface area contributed by atoms with Crippen molar-refractivity contribution in [2.24, 2.45) is 0 Å². The van der Waals surface area contributed by atoms with Crippen LogP contribution in [0.1, 0.15) is 59.5 Å². The molecule has 2 heterocycles. The number of aryl methyl sites for hydroxylation is 1. The topological polar surface area (TPSA) is 64.1 Å². The molecule has 3 atom stereocenters. The third kappa shape index (κ3) is 6.14. The lowest BCUT2D eigenvalue weighted by Crippen LogP contribution is -2.57. The summed E-state index contributed by atoms with van der Waals surface area (Å²) in [6.07, 6.45) is -8.35. The number of rotatable bonds is 4. The van der Waals surface area contributed by atoms with E-state index in [9.17, 15) is 45.4 Å². The van der Waals surface area contributed by atoms with Crippen molar-refractivity contribution in [3.8, 4) is 0 Å². The second kappa shape index (κ2) is 10.8. The highest BCUT2D eigenvalue weighted by molar-refractivity contribution is 5.76. The average molecular weight is 590 g/mol. The van der Waals surface area contributed by atoms with Gasteiger partial charge in [0, 0.05) is 25.7 Å². The maximum Gasteiger partial charge on any atom is 0.416 e. The van der Waals surface area contributed by atoms with E-state index in [0.717, 1.165) is 4.90 Å². The number of likely N-dealkylation sites (tertiary alicyclic amines) is 2. The Bertz CT molecular complexity index is 1300. The number of carbonyl (C=O) groups excluding carboxylic acids is 1. The van der Waals surface area contributed by atoms with Gasteiger partial charge in [0.2, 0.25) is 0 Å². The number of nitrogens with zero attached hydrogens (tertiary/aromatic N) is 3. The van der Waals surface area contributed by atoms with Crippen LogP contribution in [0.4, 0.5) is 35.5 Å². The van der Waals surface area contributed by atoms with Crippen LogP contribution in [0.2, 0.25) is 0 Å². The van der Waals surface area contributed by atoms with E-state index in [4.69, 9.17) is 0 Å². The van der Waals surface area contributed by atoms with Gasteiger partial charge in [-0.15, -0.1) is 0 Å². The monoisotopic (exact) mass is 589 g/mol. The smallest absolute Gasteiger partial charge is 0.416 e. The Morgan fingerprint density at radius 3 is 2.15 bits per heavy atom. The van der Waals surface area contributed by atoms with Crippen LogP contribution in [0.15, 0.2) is 36.4 Å². The normalized spacial score (nSPS) is 23.7. The Balaban J connectivity index is 1.66. The second-order valence-electron chi connectivity index (χ2n) is 10.9. The van der Waals surface area contributed by atoms with Crippen molar-refractivity contribution in [3.63, 3.8) is 0 Å². The van der Waals surface area contributed by atoms with E-state index in [1.54, 1.807) is 24.9 Å². The first-order valence-corrected chi connectivity index (χ1v) is 12.9. The van der Waals surface area contributed by atoms with Crippen molar-refractivity contribution >= 4 is 12.0 Å². The molecule has 1 spiro atoms. The number of amides is 2. The van der Waals surface area contributed by atoms with Gasteiger partial charge >= 0.3 is 24.4 Å². The van der Waals surface area contributed by atoms with Gasteiger partial charge in [-0.3, -0.25) is 9.69 Å². The van der Waals surface area contributed by atoms with Gasteiger partial charge in [-0.25, -0.2) is 9.18 Å². The number of benzene rings is 2. The molecule has 1 N–H and O–H groups in total. The molecule has 224 valence electrons. The lowest BCUT2D eigenvalue weighted by atomic mass is 9.78. The van der Waals surface area contributed by atoms with Gasteiger partial charge in [0.05, 0.1) is 17.2 Å². The van der Waals surface area contributed by atoms with Gasteiger partial charge in [0.15, 0.2) is 0 Å². The summed E-state index contributed by atoms with van der Waals surface area (Å²) in [5, 5.41) is 9.65. The summed E-state index contributed by atoms with van der Waals surface area (Å²) in [5.74, 6) is -1.45. The summed E-state index contributed by atoms with van der Waals surface area (Å²) in [6, 6.07) is 3.33. The number of alkyl halides is 6. The first-order valence-electron chi connectivity index (χ1n) is 12.9. The predicted octanol–water partition coefficient (Wildman–Crippen LogP) is 6.48. The van der Waals surface area contributed by atoms with Crippen molar-refractivity contribution < 1.29 is 45.4 Å². The molecule has 2 fully saturated rings. The first kappa shape index (κ1) is 30.6. The van der Waals surface area contributed by atoms with Crippen molar-refractivity contribution in [3.05, 3.63) is 70.0 Å². The zero-order valence-corrected chi connectivity index (χ0v) is 22.6. The number of halogens is 7. The Morgan fingerprint density at radius 1 is 1.02 bits per heavy atom. The summed E-state index contributed by atoms with van der Waals surface area (Å²) >= 11 is 0. The number of aliphatic carboxylic acids is 1. The molecule has 2 aromatic carbocycles. The molecule has 41 heavy (non-hydrogen) atoms. The second-order valence-corrected chi connectivity index (χ2v) is 10.9. The fraction of sp³-hybridized carbons (Fsp3) is 0.500. The summed E-state index contributed by atoms with van der Waals surface area (Å²) in [5.41, 5.74) is -2.67. The highest BCUT2D eigenvalue weighted by Gasteiger charge is 2.52. The number of urea groups is 1. The highest BCUT2D eigenvalue weighted by Crippen LogP contribution is 2.48. The summed E-state index contributed by atoms with van der Waals surface area (Å²) in [4.78, 5) is 29.8. The van der Waals surface area contributed by atoms with E-state index in [1.807, 2.05) is 0 Å². The van der Waals surface area contributed by atoms with Gasteiger partial charge in [-0.05, 0) is 86.7 Å². The van der Waals surface area contributed by atoms with Crippen LogP contribution in [-0.4, -0.2) is 64.0 Å². The summed E-state index contributed by atoms with van der Waals surface area (Å²) in [6.45, 7) is 1.30. The number of hydrogen-bond acceptors (Lipinski definition) is 3. The minimum Gasteiger partial charge on any atom is -0.480 e. The number of likely N-dealkylation sites (N-methyl/N-ethyl adjacent to an activating group) is 1. The zero-order chi connectivity index (χ0) is 30.5. The minimum atomic E-state index is -5.02. The maximum absolute atomic E-state index is 13.9. The van der Waals surface area contributed by atoms with Crippen molar-refractivity contribution in [2.75, 3.05) is 20.6 Å². The van der Waals surface area contributed by atoms with E-state index in [-0.39, 0.29) is 18.2 Å². The third-order valence-electron chi connectivity index (χ3n) is 8.38. The standard InChI is InChI=1S/C28H30F7N3O3/c1-16-10-20(29)4-5-21(16)23-14-26(7-6-22(24(39)40)37(26)3)8-9-38(23)25(41)36(2)15-17-11-18(27(30,31)32)13-19(12-17)28(33,34)35/h4-5,10-13,22-23H,6-9,14-15H2,1-3H3,(H,39,40)/t22-,23+,26-/m0/s1. The minimum absolute atomic E-state index is 0.0330. The SMILES string of the molecule is Cc1cc(F)ccc1[C@H]1C[C@]2(CC[C@@H](C(=O)O)N2C)CCN1C(=O)N(C)Cc1cc(C(F)(F)F)cc(C(F)(F)F)c1. The molecule has 2 amide bonds. The maximum atomic E-state index is 13.9. The number of piperidine rings is 1. The molecule has 0 aliphatic carbocycles. The molecule has 2 aliphatic heterocycles. The largest absolute Gasteiger partial charge is 0.480 e. The van der Waals surface area contributed by atoms with Crippen LogP contribution in [0.5, 0.6) is 0 Å². The van der Waals surface area contributed by atoms with Crippen LogP contribution in [-0.2, 0) is 23.7 Å². The molecule has 0 radical (unpaired) electrons. The Morgan fingerprint density at radius 2 is 1.63 bits per heavy atom. The number of carbonyl (C=O) groups is 2. The fourth-order valence-corrected chi connectivity index (χ4v) is 6.19. The van der Waals surface area contributed by atoms with E-state index < -0.39 is 65.5 Å². The van der Waals surface area contributed by atoms with Crippen LogP contribution >= 0.6 is 0 Å². The van der Waals surface area contributed by atoms with E-state index in [0.29, 0.717) is 48.9 Å². The van der Waals surface area contributed by atoms with Crippen LogP contribution in [0.25, 0.3) is 0 Å². The van der Waals surface area contributed by atoms with E-state index in [1.165, 1.54) is 24.1 Å². The third-order valence-corrected chi connectivity index (χ3v) is 8.38. The molecule has 4 rings (SSSR count). The van der Waals surface area contributed by atoms with E-state index in [2.05, 4.69) is 0 Å². The molecule has 0 bridgehead atoms. The Labute approximate surface area is 232 Å². The van der Waals surface area contributed by atoms with Gasteiger partial charge in [-0.2, -0.15) is 26.3 Å². The quantitative estimate of drug-likeness (QED) is 0.415. The van der Waals surface area contributed by atoms with Crippen molar-refractivity contribution in [2.45, 2.75) is 69.1 Å². The zero-order valence-electron chi connectivity index (χ0n) is 22.6.